The molecule has 5 heteroatoms. The monoisotopic (exact) mass is 238 g/mol. The van der Waals surface area contributed by atoms with Crippen molar-refractivity contribution in [2.45, 2.75) is 26.2 Å². The molecule has 17 heavy (non-hydrogen) atoms. The molecule has 0 bridgehead atoms. The van der Waals surface area contributed by atoms with Crippen molar-refractivity contribution in [2.75, 3.05) is 13.1 Å². The molecule has 1 aromatic heterocycles. The van der Waals surface area contributed by atoms with E-state index < -0.39 is 0 Å². The standard InChI is InChI=1S/C12H18N2O3/c1-2-3-7-13-11(15)6-8-14-12(16)10-5-4-9-17-10/h4-5,9H,2-3,6-8H2,1H3,(H,13,15)(H,14,16). The minimum atomic E-state index is -0.295. The Balaban J connectivity index is 2.11. The molecule has 0 radical (unpaired) electrons. The van der Waals surface area contributed by atoms with Gasteiger partial charge in [-0.2, -0.15) is 0 Å². The van der Waals surface area contributed by atoms with E-state index in [0.29, 0.717) is 13.1 Å². The van der Waals surface area contributed by atoms with E-state index in [1.54, 1.807) is 12.1 Å². The van der Waals surface area contributed by atoms with Crippen LogP contribution >= 0.6 is 0 Å². The predicted octanol–water partition coefficient (Wildman–Crippen LogP) is 1.32. The summed E-state index contributed by atoms with van der Waals surface area (Å²) in [5.41, 5.74) is 0. The molecule has 0 aliphatic carbocycles. The van der Waals surface area contributed by atoms with E-state index in [1.807, 2.05) is 0 Å². The van der Waals surface area contributed by atoms with Crippen LogP contribution in [-0.2, 0) is 4.79 Å². The van der Waals surface area contributed by atoms with E-state index in [1.165, 1.54) is 6.26 Å². The van der Waals surface area contributed by atoms with Crippen molar-refractivity contribution >= 4 is 11.8 Å². The van der Waals surface area contributed by atoms with Crippen molar-refractivity contribution in [3.05, 3.63) is 24.2 Å². The largest absolute Gasteiger partial charge is 0.459 e. The molecule has 0 atom stereocenters. The van der Waals surface area contributed by atoms with Gasteiger partial charge in [0, 0.05) is 19.5 Å². The second kappa shape index (κ2) is 7.49. The van der Waals surface area contributed by atoms with E-state index in [4.69, 9.17) is 4.42 Å². The molecular formula is C12H18N2O3. The summed E-state index contributed by atoms with van der Waals surface area (Å²) in [4.78, 5) is 22.7. The van der Waals surface area contributed by atoms with Gasteiger partial charge in [0.1, 0.15) is 0 Å². The Morgan fingerprint density at radius 1 is 1.29 bits per heavy atom. The summed E-state index contributed by atoms with van der Waals surface area (Å²) in [6.45, 7) is 3.08. The Morgan fingerprint density at radius 3 is 2.76 bits per heavy atom. The van der Waals surface area contributed by atoms with Gasteiger partial charge < -0.3 is 15.1 Å². The van der Waals surface area contributed by atoms with Gasteiger partial charge in [-0.3, -0.25) is 9.59 Å². The highest BCUT2D eigenvalue weighted by Crippen LogP contribution is 1.98. The van der Waals surface area contributed by atoms with Crippen molar-refractivity contribution in [3.8, 4) is 0 Å². The highest BCUT2D eigenvalue weighted by molar-refractivity contribution is 5.91. The minimum Gasteiger partial charge on any atom is -0.459 e. The van der Waals surface area contributed by atoms with Crippen molar-refractivity contribution in [2.24, 2.45) is 0 Å². The zero-order valence-corrected chi connectivity index (χ0v) is 9.99. The lowest BCUT2D eigenvalue weighted by Gasteiger charge is -2.04. The Hall–Kier alpha value is -1.78. The molecular weight excluding hydrogens is 220 g/mol. The third-order valence-electron chi connectivity index (χ3n) is 2.24. The van der Waals surface area contributed by atoms with E-state index in [9.17, 15) is 9.59 Å². The van der Waals surface area contributed by atoms with Crippen LogP contribution in [0.2, 0.25) is 0 Å². The first-order valence-electron chi connectivity index (χ1n) is 5.82. The van der Waals surface area contributed by atoms with Crippen LogP contribution in [0.25, 0.3) is 0 Å². The van der Waals surface area contributed by atoms with Crippen molar-refractivity contribution in [1.82, 2.24) is 10.6 Å². The van der Waals surface area contributed by atoms with Gasteiger partial charge in [0.05, 0.1) is 6.26 Å². The lowest BCUT2D eigenvalue weighted by molar-refractivity contribution is -0.120. The van der Waals surface area contributed by atoms with Crippen molar-refractivity contribution in [3.63, 3.8) is 0 Å². The van der Waals surface area contributed by atoms with Gasteiger partial charge in [-0.1, -0.05) is 13.3 Å². The topological polar surface area (TPSA) is 71.3 Å². The summed E-state index contributed by atoms with van der Waals surface area (Å²) in [5.74, 6) is -0.0778. The molecule has 1 rings (SSSR count). The van der Waals surface area contributed by atoms with Gasteiger partial charge in [0.2, 0.25) is 5.91 Å². The molecule has 0 fully saturated rings. The Kier molecular flexibility index (Phi) is 5.85. The smallest absolute Gasteiger partial charge is 0.286 e. The molecule has 0 aliphatic rings. The maximum atomic E-state index is 11.4. The number of furan rings is 1. The van der Waals surface area contributed by atoms with Crippen LogP contribution in [0.15, 0.2) is 22.8 Å². The highest BCUT2D eigenvalue weighted by Gasteiger charge is 2.08. The zero-order chi connectivity index (χ0) is 12.5. The number of unbranched alkanes of at least 4 members (excludes halogenated alkanes) is 1. The number of amides is 2. The van der Waals surface area contributed by atoms with Crippen LogP contribution in [0.3, 0.4) is 0 Å². The molecule has 1 heterocycles. The summed E-state index contributed by atoms with van der Waals surface area (Å²) < 4.78 is 4.92. The van der Waals surface area contributed by atoms with E-state index in [2.05, 4.69) is 17.6 Å². The maximum Gasteiger partial charge on any atom is 0.286 e. The maximum absolute atomic E-state index is 11.4. The second-order valence-electron chi connectivity index (χ2n) is 3.69. The summed E-state index contributed by atoms with van der Waals surface area (Å²) in [5, 5.41) is 5.39. The normalized spacial score (nSPS) is 9.94. The van der Waals surface area contributed by atoms with Crippen LogP contribution in [0.5, 0.6) is 0 Å². The molecule has 2 N–H and O–H groups in total. The molecule has 0 unspecified atom stereocenters. The minimum absolute atomic E-state index is 0.0433. The first kappa shape index (κ1) is 13.3. The molecule has 0 aromatic carbocycles. The number of carbonyl (C=O) groups is 2. The SMILES string of the molecule is CCCCNC(=O)CCNC(=O)c1ccco1. The third-order valence-corrected chi connectivity index (χ3v) is 2.24. The van der Waals surface area contributed by atoms with Gasteiger partial charge in [0.15, 0.2) is 5.76 Å². The van der Waals surface area contributed by atoms with Crippen molar-refractivity contribution in [1.29, 1.82) is 0 Å². The molecule has 1 aromatic rings. The summed E-state index contributed by atoms with van der Waals surface area (Å²) in [7, 11) is 0. The summed E-state index contributed by atoms with van der Waals surface area (Å²) >= 11 is 0. The van der Waals surface area contributed by atoms with E-state index >= 15 is 0 Å². The second-order valence-corrected chi connectivity index (χ2v) is 3.69. The fourth-order valence-electron chi connectivity index (χ4n) is 1.28. The average Bonchev–Trinajstić information content (AvgIpc) is 2.82. The number of carbonyl (C=O) groups excluding carboxylic acids is 2. The summed E-state index contributed by atoms with van der Waals surface area (Å²) in [6.07, 6.45) is 3.75. The Morgan fingerprint density at radius 2 is 2.12 bits per heavy atom. The first-order valence-corrected chi connectivity index (χ1v) is 5.82. The van der Waals surface area contributed by atoms with Crippen LogP contribution < -0.4 is 10.6 Å². The number of hydrogen-bond donors (Lipinski definition) is 2. The van der Waals surface area contributed by atoms with Crippen molar-refractivity contribution < 1.29 is 14.0 Å². The lowest BCUT2D eigenvalue weighted by Crippen LogP contribution is -2.31. The lowest BCUT2D eigenvalue weighted by atomic mass is 10.3. The Bertz CT molecular complexity index is 347. The van der Waals surface area contributed by atoms with Gasteiger partial charge >= 0.3 is 0 Å². The molecule has 0 saturated carbocycles. The molecule has 0 spiro atoms. The van der Waals surface area contributed by atoms with Gasteiger partial charge in [0.25, 0.3) is 5.91 Å². The number of nitrogens with one attached hydrogen (secondary N) is 2. The van der Waals surface area contributed by atoms with Crippen LogP contribution in [0.4, 0.5) is 0 Å². The number of rotatable bonds is 7. The van der Waals surface area contributed by atoms with Gasteiger partial charge in [-0.05, 0) is 18.6 Å². The van der Waals surface area contributed by atoms with E-state index in [-0.39, 0.29) is 24.0 Å². The van der Waals surface area contributed by atoms with Gasteiger partial charge in [-0.25, -0.2) is 0 Å². The fraction of sp³-hybridized carbons (Fsp3) is 0.500. The molecule has 0 saturated heterocycles. The molecule has 2 amide bonds. The molecule has 94 valence electrons. The van der Waals surface area contributed by atoms with Crippen LogP contribution in [-0.4, -0.2) is 24.9 Å². The zero-order valence-electron chi connectivity index (χ0n) is 9.99. The molecule has 0 aliphatic heterocycles. The number of hydrogen-bond acceptors (Lipinski definition) is 3. The Labute approximate surface area is 101 Å². The molecule has 5 nitrogen and oxygen atoms in total. The van der Waals surface area contributed by atoms with Crippen LogP contribution in [0.1, 0.15) is 36.7 Å². The van der Waals surface area contributed by atoms with Crippen LogP contribution in [0, 0.1) is 0 Å². The highest BCUT2D eigenvalue weighted by atomic mass is 16.3. The quantitative estimate of drug-likeness (QED) is 0.704. The van der Waals surface area contributed by atoms with Gasteiger partial charge in [-0.15, -0.1) is 0 Å². The third kappa shape index (κ3) is 5.19. The first-order chi connectivity index (χ1) is 8.24. The fourth-order valence-corrected chi connectivity index (χ4v) is 1.28. The summed E-state index contributed by atoms with van der Waals surface area (Å²) in [6, 6.07) is 3.23. The van der Waals surface area contributed by atoms with E-state index in [0.717, 1.165) is 12.8 Å². The predicted molar refractivity (Wildman–Crippen MR) is 63.6 cm³/mol. The average molecular weight is 238 g/mol.